The maximum absolute atomic E-state index is 11.5. The van der Waals surface area contributed by atoms with Crippen molar-refractivity contribution in [3.05, 3.63) is 59.2 Å². The quantitative estimate of drug-likeness (QED) is 0.842. The van der Waals surface area contributed by atoms with Crippen molar-refractivity contribution in [2.75, 3.05) is 12.4 Å². The van der Waals surface area contributed by atoms with E-state index in [1.54, 1.807) is 24.3 Å². The molecule has 0 aliphatic heterocycles. The fourth-order valence-corrected chi connectivity index (χ4v) is 2.18. The molecule has 0 saturated carbocycles. The van der Waals surface area contributed by atoms with Gasteiger partial charge in [-0.15, -0.1) is 0 Å². The Morgan fingerprint density at radius 2 is 2.00 bits per heavy atom. The molecule has 0 spiro atoms. The third kappa shape index (κ3) is 3.54. The lowest BCUT2D eigenvalue weighted by Crippen LogP contribution is -2.08. The highest BCUT2D eigenvalue weighted by atomic mass is 16.5. The van der Waals surface area contributed by atoms with Crippen molar-refractivity contribution < 1.29 is 14.6 Å². The van der Waals surface area contributed by atoms with Crippen LogP contribution in [-0.2, 0) is 4.74 Å². The molecule has 0 heterocycles. The smallest absolute Gasteiger partial charge is 0.337 e. The number of rotatable bonds is 4. The van der Waals surface area contributed by atoms with Gasteiger partial charge in [-0.2, -0.15) is 0 Å². The maximum Gasteiger partial charge on any atom is 0.337 e. The van der Waals surface area contributed by atoms with Crippen LogP contribution >= 0.6 is 0 Å². The van der Waals surface area contributed by atoms with E-state index in [0.717, 1.165) is 16.8 Å². The number of carbonyl (C=O) groups excluding carboxylic acids is 1. The van der Waals surface area contributed by atoms with Gasteiger partial charge >= 0.3 is 5.97 Å². The number of nitrogens with one attached hydrogen (secondary N) is 1. The molecule has 0 saturated heterocycles. The lowest BCUT2D eigenvalue weighted by molar-refractivity contribution is 0.0600. The van der Waals surface area contributed by atoms with Crippen LogP contribution in [0.5, 0.6) is 5.75 Å². The molecule has 4 nitrogen and oxygen atoms in total. The largest absolute Gasteiger partial charge is 0.508 e. The Morgan fingerprint density at radius 3 is 2.62 bits per heavy atom. The number of anilines is 1. The minimum Gasteiger partial charge on any atom is -0.508 e. The molecule has 1 atom stereocenters. The summed E-state index contributed by atoms with van der Waals surface area (Å²) in [4.78, 5) is 11.5. The van der Waals surface area contributed by atoms with Crippen LogP contribution in [0.3, 0.4) is 0 Å². The molecule has 110 valence electrons. The predicted octanol–water partition coefficient (Wildman–Crippen LogP) is 3.66. The molecule has 0 aliphatic carbocycles. The summed E-state index contributed by atoms with van der Waals surface area (Å²) in [6.45, 7) is 3.95. The number of phenolic OH excluding ortho intramolecular Hbond substituents is 1. The standard InChI is InChI=1S/C17H19NO3/c1-11-9-14(17(20)21-3)7-8-16(11)18-12(2)13-5-4-6-15(19)10-13/h4-10,12,18-19H,1-3H3. The predicted molar refractivity (Wildman–Crippen MR) is 82.7 cm³/mol. The first-order chi connectivity index (χ1) is 10.0. The van der Waals surface area contributed by atoms with E-state index in [2.05, 4.69) is 5.32 Å². The van der Waals surface area contributed by atoms with E-state index < -0.39 is 0 Å². The summed E-state index contributed by atoms with van der Waals surface area (Å²) in [7, 11) is 1.37. The maximum atomic E-state index is 11.5. The molecule has 4 heteroatoms. The molecule has 0 bridgehead atoms. The van der Waals surface area contributed by atoms with Crippen molar-refractivity contribution in [3.63, 3.8) is 0 Å². The molecule has 0 amide bonds. The molecular weight excluding hydrogens is 266 g/mol. The number of phenols is 1. The Kier molecular flexibility index (Phi) is 4.48. The number of ether oxygens (including phenoxy) is 1. The van der Waals surface area contributed by atoms with Gasteiger partial charge in [0, 0.05) is 11.7 Å². The van der Waals surface area contributed by atoms with E-state index in [9.17, 15) is 9.90 Å². The second kappa shape index (κ2) is 6.31. The van der Waals surface area contributed by atoms with E-state index in [-0.39, 0.29) is 17.8 Å². The van der Waals surface area contributed by atoms with Gasteiger partial charge in [0.25, 0.3) is 0 Å². The van der Waals surface area contributed by atoms with Gasteiger partial charge in [0.15, 0.2) is 0 Å². The zero-order valence-electron chi connectivity index (χ0n) is 12.4. The Hall–Kier alpha value is -2.49. The first-order valence-electron chi connectivity index (χ1n) is 6.75. The van der Waals surface area contributed by atoms with Crippen LogP contribution in [0.4, 0.5) is 5.69 Å². The van der Waals surface area contributed by atoms with Gasteiger partial charge < -0.3 is 15.2 Å². The van der Waals surface area contributed by atoms with Crippen molar-refractivity contribution >= 4 is 11.7 Å². The number of aromatic hydroxyl groups is 1. The summed E-state index contributed by atoms with van der Waals surface area (Å²) in [6.07, 6.45) is 0. The zero-order chi connectivity index (χ0) is 15.4. The average Bonchev–Trinajstić information content (AvgIpc) is 2.48. The lowest BCUT2D eigenvalue weighted by Gasteiger charge is -2.18. The molecule has 0 radical (unpaired) electrons. The summed E-state index contributed by atoms with van der Waals surface area (Å²) in [5.41, 5.74) is 3.43. The summed E-state index contributed by atoms with van der Waals surface area (Å²) >= 11 is 0. The van der Waals surface area contributed by atoms with E-state index in [4.69, 9.17) is 4.74 Å². The van der Waals surface area contributed by atoms with Gasteiger partial charge in [-0.1, -0.05) is 12.1 Å². The van der Waals surface area contributed by atoms with Gasteiger partial charge in [0.2, 0.25) is 0 Å². The van der Waals surface area contributed by atoms with Gasteiger partial charge in [-0.3, -0.25) is 0 Å². The second-order valence-electron chi connectivity index (χ2n) is 4.98. The molecule has 1 unspecified atom stereocenters. The highest BCUT2D eigenvalue weighted by molar-refractivity contribution is 5.90. The van der Waals surface area contributed by atoms with Crippen LogP contribution in [0.25, 0.3) is 0 Å². The number of carbonyl (C=O) groups is 1. The van der Waals surface area contributed by atoms with Crippen molar-refractivity contribution in [2.24, 2.45) is 0 Å². The van der Waals surface area contributed by atoms with Gasteiger partial charge in [0.1, 0.15) is 5.75 Å². The van der Waals surface area contributed by atoms with Crippen LogP contribution in [0.2, 0.25) is 0 Å². The SMILES string of the molecule is COC(=O)c1ccc(NC(C)c2cccc(O)c2)c(C)c1. The number of aryl methyl sites for hydroxylation is 1. The van der Waals surface area contributed by atoms with Crippen LogP contribution in [0.15, 0.2) is 42.5 Å². The molecule has 2 aromatic carbocycles. The topological polar surface area (TPSA) is 58.6 Å². The third-order valence-corrected chi connectivity index (χ3v) is 3.39. The fraction of sp³-hybridized carbons (Fsp3) is 0.235. The highest BCUT2D eigenvalue weighted by Gasteiger charge is 2.10. The number of methoxy groups -OCH3 is 1. The molecule has 0 aromatic heterocycles. The molecule has 0 aliphatic rings. The summed E-state index contributed by atoms with van der Waals surface area (Å²) in [5.74, 6) is -0.0930. The Bertz CT molecular complexity index is 652. The number of benzene rings is 2. The second-order valence-corrected chi connectivity index (χ2v) is 4.98. The van der Waals surface area contributed by atoms with E-state index >= 15 is 0 Å². The average molecular weight is 285 g/mol. The Balaban J connectivity index is 2.18. The van der Waals surface area contributed by atoms with E-state index in [1.807, 2.05) is 32.0 Å². The minimum atomic E-state index is -0.342. The molecular formula is C17H19NO3. The van der Waals surface area contributed by atoms with Crippen LogP contribution in [0, 0.1) is 6.92 Å². The van der Waals surface area contributed by atoms with Crippen molar-refractivity contribution in [1.29, 1.82) is 0 Å². The number of hydrogen-bond donors (Lipinski definition) is 2. The first-order valence-corrected chi connectivity index (χ1v) is 6.75. The molecule has 2 rings (SSSR count). The van der Waals surface area contributed by atoms with Crippen LogP contribution < -0.4 is 5.32 Å². The zero-order valence-corrected chi connectivity index (χ0v) is 12.4. The first kappa shape index (κ1) is 14.9. The lowest BCUT2D eigenvalue weighted by atomic mass is 10.1. The molecule has 2 N–H and O–H groups in total. The van der Waals surface area contributed by atoms with Crippen molar-refractivity contribution in [2.45, 2.75) is 19.9 Å². The minimum absolute atomic E-state index is 0.0415. The van der Waals surface area contributed by atoms with Gasteiger partial charge in [-0.25, -0.2) is 4.79 Å². The van der Waals surface area contributed by atoms with Crippen molar-refractivity contribution in [1.82, 2.24) is 0 Å². The number of esters is 1. The summed E-state index contributed by atoms with van der Waals surface area (Å²) < 4.78 is 4.71. The summed E-state index contributed by atoms with van der Waals surface area (Å²) in [6, 6.07) is 12.6. The highest BCUT2D eigenvalue weighted by Crippen LogP contribution is 2.25. The monoisotopic (exact) mass is 285 g/mol. The Labute approximate surface area is 124 Å². The molecule has 2 aromatic rings. The van der Waals surface area contributed by atoms with Gasteiger partial charge in [-0.05, 0) is 55.3 Å². The Morgan fingerprint density at radius 1 is 1.24 bits per heavy atom. The summed E-state index contributed by atoms with van der Waals surface area (Å²) in [5, 5.41) is 12.9. The van der Waals surface area contributed by atoms with Gasteiger partial charge in [0.05, 0.1) is 12.7 Å². The van der Waals surface area contributed by atoms with E-state index in [0.29, 0.717) is 5.56 Å². The fourth-order valence-electron chi connectivity index (χ4n) is 2.18. The molecule has 21 heavy (non-hydrogen) atoms. The van der Waals surface area contributed by atoms with Crippen molar-refractivity contribution in [3.8, 4) is 5.75 Å². The van der Waals surface area contributed by atoms with Crippen LogP contribution in [0.1, 0.15) is 34.5 Å². The normalized spacial score (nSPS) is 11.8. The third-order valence-electron chi connectivity index (χ3n) is 3.39. The van der Waals surface area contributed by atoms with E-state index in [1.165, 1.54) is 7.11 Å². The number of hydrogen-bond acceptors (Lipinski definition) is 4. The molecule has 0 fully saturated rings. The van der Waals surface area contributed by atoms with Crippen LogP contribution in [-0.4, -0.2) is 18.2 Å².